The molecule has 2 aliphatic heterocycles. The number of fused-ring (bicyclic) bond motifs is 8. The number of alkyl halides is 3. The lowest BCUT2D eigenvalue weighted by Gasteiger charge is -2.37. The van der Waals surface area contributed by atoms with Crippen LogP contribution in [0.3, 0.4) is 0 Å². The first-order chi connectivity index (χ1) is 18.3. The monoisotopic (exact) mass is 509 g/mol. The highest BCUT2D eigenvalue weighted by molar-refractivity contribution is 5.99. The van der Waals surface area contributed by atoms with E-state index in [0.29, 0.717) is 34.0 Å². The van der Waals surface area contributed by atoms with Gasteiger partial charge in [-0.2, -0.15) is 13.2 Å². The van der Waals surface area contributed by atoms with Crippen LogP contribution in [0.4, 0.5) is 24.5 Å². The molecule has 2 aliphatic rings. The number of carbonyl (C=O) groups is 1. The minimum absolute atomic E-state index is 0.417. The predicted molar refractivity (Wildman–Crippen MR) is 137 cm³/mol. The van der Waals surface area contributed by atoms with Crippen LogP contribution >= 0.6 is 0 Å². The first kappa shape index (κ1) is 22.4. The standard InChI is InChI=1S/C31H18F3NO3/c32-31(33,34)19-10-12-20(13-11-19)35-21-14-16-25-27(17-21)37-28-22-6-2-1-5-18(22)9-15-26(28)30(25)24-8-4-3-7-23(24)29(36)38-30/h1-17,35H. The van der Waals surface area contributed by atoms with Gasteiger partial charge in [-0.3, -0.25) is 0 Å². The van der Waals surface area contributed by atoms with Crippen LogP contribution in [0, 0.1) is 0 Å². The fourth-order valence-corrected chi connectivity index (χ4v) is 5.39. The predicted octanol–water partition coefficient (Wildman–Crippen LogP) is 8.17. The van der Waals surface area contributed by atoms with E-state index in [1.807, 2.05) is 54.6 Å². The Morgan fingerprint density at radius 1 is 0.711 bits per heavy atom. The first-order valence-electron chi connectivity index (χ1n) is 12.0. The van der Waals surface area contributed by atoms with Gasteiger partial charge in [-0.1, -0.05) is 48.5 Å². The van der Waals surface area contributed by atoms with Crippen molar-refractivity contribution in [2.75, 3.05) is 5.32 Å². The summed E-state index contributed by atoms with van der Waals surface area (Å²) in [5.74, 6) is 0.654. The molecule has 0 radical (unpaired) electrons. The summed E-state index contributed by atoms with van der Waals surface area (Å²) in [7, 11) is 0. The smallest absolute Gasteiger partial charge is 0.416 e. The van der Waals surface area contributed by atoms with Crippen LogP contribution in [0.2, 0.25) is 0 Å². The number of hydrogen-bond donors (Lipinski definition) is 1. The van der Waals surface area contributed by atoms with Gasteiger partial charge in [0.05, 0.1) is 11.1 Å². The van der Waals surface area contributed by atoms with Crippen LogP contribution in [-0.4, -0.2) is 5.97 Å². The third-order valence-electron chi connectivity index (χ3n) is 7.10. The molecule has 4 nitrogen and oxygen atoms in total. The molecule has 0 saturated heterocycles. The molecule has 1 unspecified atom stereocenters. The van der Waals surface area contributed by atoms with E-state index >= 15 is 0 Å². The van der Waals surface area contributed by atoms with Gasteiger partial charge >= 0.3 is 12.1 Å². The molecular weight excluding hydrogens is 491 g/mol. The second kappa shape index (κ2) is 7.86. The number of ether oxygens (including phenoxy) is 2. The minimum Gasteiger partial charge on any atom is -0.456 e. The Hall–Kier alpha value is -4.78. The summed E-state index contributed by atoms with van der Waals surface area (Å²) >= 11 is 0. The molecule has 7 heteroatoms. The summed E-state index contributed by atoms with van der Waals surface area (Å²) in [6.45, 7) is 0. The van der Waals surface area contributed by atoms with E-state index in [1.165, 1.54) is 12.1 Å². The van der Waals surface area contributed by atoms with E-state index in [4.69, 9.17) is 9.47 Å². The SMILES string of the molecule is O=C1OC2(c3ccc(Nc4ccc(C(F)(F)F)cc4)cc3Oc3c2ccc2ccccc32)c2ccccc21. The Kier molecular flexibility index (Phi) is 4.64. The van der Waals surface area contributed by atoms with Gasteiger partial charge in [-0.05, 0) is 53.9 Å². The molecule has 1 spiro atoms. The third-order valence-corrected chi connectivity index (χ3v) is 7.10. The topological polar surface area (TPSA) is 47.6 Å². The van der Waals surface area contributed by atoms with E-state index in [2.05, 4.69) is 5.32 Å². The molecule has 186 valence electrons. The van der Waals surface area contributed by atoms with Crippen molar-refractivity contribution in [1.82, 2.24) is 0 Å². The third kappa shape index (κ3) is 3.21. The zero-order chi connectivity index (χ0) is 26.1. The van der Waals surface area contributed by atoms with Crippen molar-refractivity contribution in [3.63, 3.8) is 0 Å². The molecule has 0 aliphatic carbocycles. The molecule has 5 aromatic carbocycles. The van der Waals surface area contributed by atoms with Crippen molar-refractivity contribution >= 4 is 28.1 Å². The van der Waals surface area contributed by atoms with Crippen molar-refractivity contribution in [2.45, 2.75) is 11.8 Å². The Bertz CT molecular complexity index is 1760. The van der Waals surface area contributed by atoms with Gasteiger partial charge in [-0.15, -0.1) is 0 Å². The van der Waals surface area contributed by atoms with Crippen LogP contribution in [0.25, 0.3) is 10.8 Å². The number of carbonyl (C=O) groups excluding carboxylic acids is 1. The lowest BCUT2D eigenvalue weighted by Crippen LogP contribution is -2.33. The average molecular weight is 509 g/mol. The Morgan fingerprint density at radius 2 is 1.42 bits per heavy atom. The number of anilines is 2. The summed E-state index contributed by atoms with van der Waals surface area (Å²) in [6.07, 6.45) is -4.41. The van der Waals surface area contributed by atoms with Gasteiger partial charge in [0.2, 0.25) is 0 Å². The maximum atomic E-state index is 13.1. The van der Waals surface area contributed by atoms with Crippen molar-refractivity contribution in [2.24, 2.45) is 0 Å². The van der Waals surface area contributed by atoms with Crippen LogP contribution in [0.5, 0.6) is 11.5 Å². The molecule has 2 heterocycles. The minimum atomic E-state index is -4.41. The van der Waals surface area contributed by atoms with E-state index in [9.17, 15) is 18.0 Å². The Balaban J connectivity index is 1.39. The molecule has 5 aromatic rings. The fourth-order valence-electron chi connectivity index (χ4n) is 5.39. The van der Waals surface area contributed by atoms with E-state index < -0.39 is 23.3 Å². The van der Waals surface area contributed by atoms with Crippen LogP contribution in [-0.2, 0) is 16.5 Å². The number of rotatable bonds is 2. The molecule has 1 N–H and O–H groups in total. The summed E-state index contributed by atoms with van der Waals surface area (Å²) in [5, 5.41) is 4.99. The quantitative estimate of drug-likeness (QED) is 0.244. The van der Waals surface area contributed by atoms with Crippen molar-refractivity contribution in [1.29, 1.82) is 0 Å². The van der Waals surface area contributed by atoms with Crippen molar-refractivity contribution < 1.29 is 27.4 Å². The zero-order valence-corrected chi connectivity index (χ0v) is 19.7. The lowest BCUT2D eigenvalue weighted by atomic mass is 9.77. The van der Waals surface area contributed by atoms with Crippen LogP contribution in [0.1, 0.15) is 32.6 Å². The van der Waals surface area contributed by atoms with Crippen molar-refractivity contribution in [3.05, 3.63) is 131 Å². The molecule has 7 rings (SSSR count). The number of benzene rings is 5. The number of halogens is 3. The normalized spacial score (nSPS) is 17.4. The van der Waals surface area contributed by atoms with Gasteiger partial charge in [0, 0.05) is 39.5 Å². The maximum absolute atomic E-state index is 13.1. The molecule has 0 amide bonds. The van der Waals surface area contributed by atoms with E-state index in [-0.39, 0.29) is 0 Å². The van der Waals surface area contributed by atoms with E-state index in [1.54, 1.807) is 24.3 Å². The highest BCUT2D eigenvalue weighted by Gasteiger charge is 2.53. The maximum Gasteiger partial charge on any atom is 0.416 e. The Morgan fingerprint density at radius 3 is 2.24 bits per heavy atom. The molecule has 0 saturated carbocycles. The number of nitrogens with one attached hydrogen (secondary N) is 1. The van der Waals surface area contributed by atoms with Gasteiger partial charge in [0.15, 0.2) is 5.60 Å². The zero-order valence-electron chi connectivity index (χ0n) is 19.7. The molecule has 0 fully saturated rings. The van der Waals surface area contributed by atoms with E-state index in [0.717, 1.165) is 34.0 Å². The number of esters is 1. The summed E-state index contributed by atoms with van der Waals surface area (Å²) in [4.78, 5) is 13.1. The lowest BCUT2D eigenvalue weighted by molar-refractivity contribution is -0.137. The van der Waals surface area contributed by atoms with Gasteiger partial charge in [0.1, 0.15) is 11.5 Å². The Labute approximate surface area is 215 Å². The van der Waals surface area contributed by atoms with Crippen molar-refractivity contribution in [3.8, 4) is 11.5 Å². The second-order valence-electron chi connectivity index (χ2n) is 9.29. The number of hydrogen-bond acceptors (Lipinski definition) is 4. The van der Waals surface area contributed by atoms with Gasteiger partial charge in [0.25, 0.3) is 0 Å². The molecule has 0 bridgehead atoms. The molecular formula is C31H18F3NO3. The summed E-state index contributed by atoms with van der Waals surface area (Å²) in [5.41, 5.74) is 1.80. The first-order valence-corrected chi connectivity index (χ1v) is 12.0. The van der Waals surface area contributed by atoms with Gasteiger partial charge in [-0.25, -0.2) is 4.79 Å². The molecule has 38 heavy (non-hydrogen) atoms. The van der Waals surface area contributed by atoms with Gasteiger partial charge < -0.3 is 14.8 Å². The molecule has 0 aromatic heterocycles. The van der Waals surface area contributed by atoms with Crippen LogP contribution < -0.4 is 10.1 Å². The summed E-state index contributed by atoms with van der Waals surface area (Å²) in [6, 6.07) is 29.3. The fraction of sp³-hybridized carbons (Fsp3) is 0.0645. The van der Waals surface area contributed by atoms with Crippen LogP contribution in [0.15, 0.2) is 103 Å². The highest BCUT2D eigenvalue weighted by Crippen LogP contribution is 2.57. The highest BCUT2D eigenvalue weighted by atomic mass is 19.4. The molecule has 1 atom stereocenters. The second-order valence-corrected chi connectivity index (χ2v) is 9.29. The largest absolute Gasteiger partial charge is 0.456 e. The summed E-state index contributed by atoms with van der Waals surface area (Å²) < 4.78 is 51.6. The average Bonchev–Trinajstić information content (AvgIpc) is 3.21.